The van der Waals surface area contributed by atoms with Crippen LogP contribution in [-0.2, 0) is 0 Å². The van der Waals surface area contributed by atoms with E-state index in [4.69, 9.17) is 9.47 Å². The van der Waals surface area contributed by atoms with Gasteiger partial charge in [-0.25, -0.2) is 9.97 Å². The van der Waals surface area contributed by atoms with Crippen LogP contribution in [0, 0.1) is 0 Å². The second-order valence-electron chi connectivity index (χ2n) is 4.20. The molecule has 0 amide bonds. The van der Waals surface area contributed by atoms with Gasteiger partial charge in [0.15, 0.2) is 11.6 Å². The number of ether oxygens (including phenoxy) is 2. The van der Waals surface area contributed by atoms with Crippen LogP contribution in [0.4, 0.5) is 0 Å². The molecular formula is C14H13N5O2. The molecule has 3 rings (SSSR count). The van der Waals surface area contributed by atoms with Crippen molar-refractivity contribution in [1.29, 1.82) is 0 Å². The van der Waals surface area contributed by atoms with Gasteiger partial charge in [-0.1, -0.05) is 0 Å². The third-order valence-electron chi connectivity index (χ3n) is 2.90. The van der Waals surface area contributed by atoms with Crippen LogP contribution in [0.15, 0.2) is 36.8 Å². The maximum Gasteiger partial charge on any atom is 0.181 e. The summed E-state index contributed by atoms with van der Waals surface area (Å²) in [6, 6.07) is 5.47. The van der Waals surface area contributed by atoms with E-state index in [2.05, 4.69) is 25.1 Å². The summed E-state index contributed by atoms with van der Waals surface area (Å²) in [4.78, 5) is 12.6. The van der Waals surface area contributed by atoms with Crippen molar-refractivity contribution in [3.05, 3.63) is 36.8 Å². The third kappa shape index (κ3) is 2.66. The van der Waals surface area contributed by atoms with Gasteiger partial charge in [-0.15, -0.1) is 0 Å². The lowest BCUT2D eigenvalue weighted by molar-refractivity contribution is 0.394. The number of rotatable bonds is 4. The van der Waals surface area contributed by atoms with Gasteiger partial charge in [0.05, 0.1) is 20.4 Å². The molecule has 0 radical (unpaired) electrons. The third-order valence-corrected chi connectivity index (χ3v) is 2.90. The first kappa shape index (κ1) is 13.0. The molecule has 2 aromatic heterocycles. The molecule has 0 saturated carbocycles. The topological polar surface area (TPSA) is 85.8 Å². The van der Waals surface area contributed by atoms with Gasteiger partial charge in [0.1, 0.15) is 17.2 Å². The van der Waals surface area contributed by atoms with E-state index in [1.807, 2.05) is 12.1 Å². The summed E-state index contributed by atoms with van der Waals surface area (Å²) in [5.41, 5.74) is 1.42. The van der Waals surface area contributed by atoms with E-state index in [9.17, 15) is 0 Å². The molecule has 21 heavy (non-hydrogen) atoms. The van der Waals surface area contributed by atoms with Crippen LogP contribution in [0.25, 0.3) is 22.9 Å². The van der Waals surface area contributed by atoms with Crippen LogP contribution >= 0.6 is 0 Å². The van der Waals surface area contributed by atoms with Crippen LogP contribution in [0.2, 0.25) is 0 Å². The highest BCUT2D eigenvalue weighted by molar-refractivity contribution is 5.62. The summed E-state index contributed by atoms with van der Waals surface area (Å²) in [5, 5.41) is 7.05. The van der Waals surface area contributed by atoms with E-state index in [1.54, 1.807) is 38.9 Å². The number of hydrogen-bond acceptors (Lipinski definition) is 6. The average Bonchev–Trinajstić information content (AvgIpc) is 3.05. The molecule has 0 aliphatic heterocycles. The molecule has 0 unspecified atom stereocenters. The van der Waals surface area contributed by atoms with Crippen LogP contribution in [0.1, 0.15) is 0 Å². The number of aromatic nitrogens is 5. The Morgan fingerprint density at radius 3 is 2.38 bits per heavy atom. The Morgan fingerprint density at radius 1 is 1.00 bits per heavy atom. The fraction of sp³-hybridized carbons (Fsp3) is 0.143. The SMILES string of the molecule is COc1cc(OC)cc(-c2n[nH]c(-c3cnccn3)n2)c1. The van der Waals surface area contributed by atoms with Crippen LogP contribution in [0.5, 0.6) is 11.5 Å². The lowest BCUT2D eigenvalue weighted by Crippen LogP contribution is -1.90. The maximum atomic E-state index is 5.24. The minimum absolute atomic E-state index is 0.535. The normalized spacial score (nSPS) is 10.4. The molecule has 0 aliphatic carbocycles. The zero-order valence-electron chi connectivity index (χ0n) is 11.6. The Hall–Kier alpha value is -2.96. The first-order valence-corrected chi connectivity index (χ1v) is 6.22. The zero-order valence-corrected chi connectivity index (χ0v) is 11.6. The minimum atomic E-state index is 0.535. The second kappa shape index (κ2) is 5.58. The first-order chi connectivity index (χ1) is 10.3. The Kier molecular flexibility index (Phi) is 3.46. The standard InChI is InChI=1S/C14H13N5O2/c1-20-10-5-9(6-11(7-10)21-2)13-17-14(19-18-13)12-8-15-3-4-16-12/h3-8H,1-2H3,(H,17,18,19). The van der Waals surface area contributed by atoms with Gasteiger partial charge in [-0.2, -0.15) is 5.10 Å². The Labute approximate surface area is 121 Å². The molecule has 7 heteroatoms. The number of H-pyrrole nitrogens is 1. The molecule has 1 N–H and O–H groups in total. The average molecular weight is 283 g/mol. The molecule has 0 fully saturated rings. The van der Waals surface area contributed by atoms with Gasteiger partial charge in [-0.3, -0.25) is 10.1 Å². The molecule has 0 spiro atoms. The van der Waals surface area contributed by atoms with Crippen LogP contribution < -0.4 is 9.47 Å². The van der Waals surface area contributed by atoms with Gasteiger partial charge in [0.25, 0.3) is 0 Å². The van der Waals surface area contributed by atoms with Gasteiger partial charge >= 0.3 is 0 Å². The molecule has 7 nitrogen and oxygen atoms in total. The smallest absolute Gasteiger partial charge is 0.181 e. The van der Waals surface area contributed by atoms with Crippen molar-refractivity contribution < 1.29 is 9.47 Å². The highest BCUT2D eigenvalue weighted by atomic mass is 16.5. The Bertz CT molecular complexity index is 720. The molecule has 3 aromatic rings. The highest BCUT2D eigenvalue weighted by Crippen LogP contribution is 2.28. The van der Waals surface area contributed by atoms with Gasteiger partial charge < -0.3 is 9.47 Å². The summed E-state index contributed by atoms with van der Waals surface area (Å²) in [6.45, 7) is 0. The molecule has 106 valence electrons. The fourth-order valence-corrected chi connectivity index (χ4v) is 1.86. The predicted octanol–water partition coefficient (Wildman–Crippen LogP) is 1.95. The van der Waals surface area contributed by atoms with Crippen molar-refractivity contribution >= 4 is 0 Å². The van der Waals surface area contributed by atoms with Crippen LogP contribution in [0.3, 0.4) is 0 Å². The molecule has 0 aliphatic rings. The lowest BCUT2D eigenvalue weighted by atomic mass is 10.2. The van der Waals surface area contributed by atoms with Crippen LogP contribution in [-0.4, -0.2) is 39.4 Å². The lowest BCUT2D eigenvalue weighted by Gasteiger charge is -2.05. The minimum Gasteiger partial charge on any atom is -0.497 e. The highest BCUT2D eigenvalue weighted by Gasteiger charge is 2.11. The molecular weight excluding hydrogens is 270 g/mol. The first-order valence-electron chi connectivity index (χ1n) is 6.22. The van der Waals surface area contributed by atoms with Gasteiger partial charge in [0.2, 0.25) is 0 Å². The van der Waals surface area contributed by atoms with E-state index >= 15 is 0 Å². The molecule has 0 saturated heterocycles. The summed E-state index contributed by atoms with van der Waals surface area (Å²) >= 11 is 0. The van der Waals surface area contributed by atoms with Crippen molar-refractivity contribution in [2.45, 2.75) is 0 Å². The molecule has 0 atom stereocenters. The number of nitrogens with one attached hydrogen (secondary N) is 1. The van der Waals surface area contributed by atoms with Crippen molar-refractivity contribution in [3.8, 4) is 34.4 Å². The second-order valence-corrected chi connectivity index (χ2v) is 4.20. The summed E-state index contributed by atoms with van der Waals surface area (Å²) in [7, 11) is 3.20. The number of aromatic amines is 1. The van der Waals surface area contributed by atoms with E-state index in [-0.39, 0.29) is 0 Å². The quantitative estimate of drug-likeness (QED) is 0.787. The number of hydrogen-bond donors (Lipinski definition) is 1. The van der Waals surface area contributed by atoms with Gasteiger partial charge in [0, 0.05) is 24.0 Å². The summed E-state index contributed by atoms with van der Waals surface area (Å²) in [5.74, 6) is 2.44. The molecule has 2 heterocycles. The summed E-state index contributed by atoms with van der Waals surface area (Å²) < 4.78 is 10.5. The maximum absolute atomic E-state index is 5.24. The number of methoxy groups -OCH3 is 2. The monoisotopic (exact) mass is 283 g/mol. The molecule has 0 bridgehead atoms. The Balaban J connectivity index is 2.00. The van der Waals surface area contributed by atoms with E-state index < -0.39 is 0 Å². The summed E-state index contributed by atoms with van der Waals surface area (Å²) in [6.07, 6.45) is 4.83. The number of benzene rings is 1. The van der Waals surface area contributed by atoms with Gasteiger partial charge in [-0.05, 0) is 12.1 Å². The van der Waals surface area contributed by atoms with Crippen molar-refractivity contribution in [2.75, 3.05) is 14.2 Å². The van der Waals surface area contributed by atoms with E-state index in [0.717, 1.165) is 5.56 Å². The molecule has 1 aromatic carbocycles. The van der Waals surface area contributed by atoms with Crippen molar-refractivity contribution in [2.24, 2.45) is 0 Å². The predicted molar refractivity (Wildman–Crippen MR) is 75.9 cm³/mol. The van der Waals surface area contributed by atoms with E-state index in [0.29, 0.717) is 28.8 Å². The fourth-order valence-electron chi connectivity index (χ4n) is 1.86. The van der Waals surface area contributed by atoms with E-state index in [1.165, 1.54) is 0 Å². The number of nitrogens with zero attached hydrogens (tertiary/aromatic N) is 4. The van der Waals surface area contributed by atoms with Crippen molar-refractivity contribution in [3.63, 3.8) is 0 Å². The zero-order chi connectivity index (χ0) is 14.7. The Morgan fingerprint density at radius 2 is 1.76 bits per heavy atom. The largest absolute Gasteiger partial charge is 0.497 e. The van der Waals surface area contributed by atoms with Crippen molar-refractivity contribution in [1.82, 2.24) is 25.1 Å².